The third-order valence-corrected chi connectivity index (χ3v) is 5.60. The number of hydrogen-bond acceptors (Lipinski definition) is 4. The molecule has 8 heteroatoms. The van der Waals surface area contributed by atoms with Gasteiger partial charge in [-0.2, -0.15) is 4.72 Å². The van der Waals surface area contributed by atoms with Crippen molar-refractivity contribution in [2.24, 2.45) is 0 Å². The normalized spacial score (nSPS) is 13.7. The van der Waals surface area contributed by atoms with Gasteiger partial charge in [0.1, 0.15) is 10.6 Å². The van der Waals surface area contributed by atoms with Crippen molar-refractivity contribution in [3.63, 3.8) is 0 Å². The molecule has 0 fully saturated rings. The topological polar surface area (TPSA) is 84.5 Å². The predicted octanol–water partition coefficient (Wildman–Crippen LogP) is 2.89. The van der Waals surface area contributed by atoms with Crippen LogP contribution in [0.2, 0.25) is 5.02 Å². The van der Waals surface area contributed by atoms with Gasteiger partial charge in [0.05, 0.1) is 19.2 Å². The zero-order valence-electron chi connectivity index (χ0n) is 14.7. The molecule has 0 saturated heterocycles. The molecule has 26 heavy (non-hydrogen) atoms. The highest BCUT2D eigenvalue weighted by atomic mass is 35.5. The van der Waals surface area contributed by atoms with Gasteiger partial charge in [0.2, 0.25) is 15.9 Å². The van der Waals surface area contributed by atoms with Crippen molar-refractivity contribution in [3.05, 3.63) is 59.1 Å². The molecule has 0 spiro atoms. The summed E-state index contributed by atoms with van der Waals surface area (Å²) < 4.78 is 32.6. The van der Waals surface area contributed by atoms with E-state index in [4.69, 9.17) is 16.3 Å². The summed E-state index contributed by atoms with van der Waals surface area (Å²) in [6.45, 7) is 3.30. The second-order valence-corrected chi connectivity index (χ2v) is 7.90. The van der Waals surface area contributed by atoms with Crippen molar-refractivity contribution in [1.29, 1.82) is 0 Å². The molecule has 6 nitrogen and oxygen atoms in total. The lowest BCUT2D eigenvalue weighted by atomic mass is 10.1. The van der Waals surface area contributed by atoms with E-state index in [9.17, 15) is 13.2 Å². The fraction of sp³-hybridized carbons (Fsp3) is 0.278. The van der Waals surface area contributed by atoms with Crippen molar-refractivity contribution in [1.82, 2.24) is 10.0 Å². The summed E-state index contributed by atoms with van der Waals surface area (Å²) >= 11 is 5.89. The molecule has 2 aromatic rings. The van der Waals surface area contributed by atoms with Gasteiger partial charge in [0, 0.05) is 5.02 Å². The number of carbonyl (C=O) groups is 1. The van der Waals surface area contributed by atoms with Crippen LogP contribution in [0.5, 0.6) is 5.75 Å². The zero-order valence-corrected chi connectivity index (χ0v) is 16.3. The first-order chi connectivity index (χ1) is 12.2. The van der Waals surface area contributed by atoms with Crippen LogP contribution in [0, 0.1) is 0 Å². The maximum absolute atomic E-state index is 12.6. The summed E-state index contributed by atoms with van der Waals surface area (Å²) in [5.74, 6) is -0.293. The summed E-state index contributed by atoms with van der Waals surface area (Å²) in [5.41, 5.74) is 0.924. The number of hydrogen-bond donors (Lipinski definition) is 2. The van der Waals surface area contributed by atoms with E-state index >= 15 is 0 Å². The molecule has 0 unspecified atom stereocenters. The Bertz CT molecular complexity index is 872. The zero-order chi connectivity index (χ0) is 19.3. The number of sulfonamides is 1. The molecule has 0 bridgehead atoms. The largest absolute Gasteiger partial charge is 0.495 e. The fourth-order valence-electron chi connectivity index (χ4n) is 2.37. The molecular formula is C18H21ClN2O4S. The molecule has 140 valence electrons. The second kappa shape index (κ2) is 8.53. The maximum Gasteiger partial charge on any atom is 0.245 e. The van der Waals surface area contributed by atoms with Crippen molar-refractivity contribution in [3.8, 4) is 5.75 Å². The van der Waals surface area contributed by atoms with Gasteiger partial charge in [-0.1, -0.05) is 41.9 Å². The van der Waals surface area contributed by atoms with E-state index in [-0.39, 0.29) is 21.7 Å². The number of rotatable bonds is 7. The third-order valence-electron chi connectivity index (χ3n) is 3.80. The minimum atomic E-state index is -3.99. The summed E-state index contributed by atoms with van der Waals surface area (Å²) in [6.07, 6.45) is 0. The van der Waals surface area contributed by atoms with Gasteiger partial charge >= 0.3 is 0 Å². The number of carbonyl (C=O) groups excluding carboxylic acids is 1. The Kier molecular flexibility index (Phi) is 6.63. The first-order valence-electron chi connectivity index (χ1n) is 7.96. The Hall–Kier alpha value is -2.09. The van der Waals surface area contributed by atoms with E-state index in [2.05, 4.69) is 10.0 Å². The second-order valence-electron chi connectivity index (χ2n) is 5.78. The number of ether oxygens (including phenoxy) is 1. The van der Waals surface area contributed by atoms with E-state index in [1.807, 2.05) is 37.3 Å². The molecule has 0 aliphatic heterocycles. The molecule has 0 aromatic heterocycles. The lowest BCUT2D eigenvalue weighted by Crippen LogP contribution is -2.45. The van der Waals surface area contributed by atoms with E-state index in [1.54, 1.807) is 0 Å². The molecule has 1 amide bonds. The number of nitrogens with one attached hydrogen (secondary N) is 2. The van der Waals surface area contributed by atoms with Crippen molar-refractivity contribution < 1.29 is 17.9 Å². The standard InChI is InChI=1S/C18H21ClN2O4S/c1-12(14-7-5-4-6-8-14)20-18(22)13(2)21-26(23,24)17-11-15(19)9-10-16(17)25-3/h4-13,21H,1-3H3,(H,20,22)/t12-,13-/m0/s1. The van der Waals surface area contributed by atoms with E-state index in [0.29, 0.717) is 0 Å². The summed E-state index contributed by atoms with van der Waals surface area (Å²) in [7, 11) is -2.63. The first-order valence-corrected chi connectivity index (χ1v) is 9.82. The molecular weight excluding hydrogens is 376 g/mol. The molecule has 0 aliphatic rings. The first kappa shape index (κ1) is 20.2. The molecule has 0 saturated carbocycles. The maximum atomic E-state index is 12.6. The highest BCUT2D eigenvalue weighted by Gasteiger charge is 2.26. The average molecular weight is 397 g/mol. The Labute approximate surface area is 158 Å². The lowest BCUT2D eigenvalue weighted by Gasteiger charge is -2.19. The minimum absolute atomic E-state index is 0.122. The van der Waals surface area contributed by atoms with Crippen LogP contribution in [0.25, 0.3) is 0 Å². The van der Waals surface area contributed by atoms with E-state index in [0.717, 1.165) is 5.56 Å². The van der Waals surface area contributed by atoms with E-state index in [1.165, 1.54) is 32.2 Å². The van der Waals surface area contributed by atoms with Gasteiger partial charge in [0.25, 0.3) is 0 Å². The van der Waals surface area contributed by atoms with E-state index < -0.39 is 22.0 Å². The lowest BCUT2D eigenvalue weighted by molar-refractivity contribution is -0.123. The molecule has 0 radical (unpaired) electrons. The van der Waals surface area contributed by atoms with Gasteiger partial charge in [-0.05, 0) is 37.6 Å². The van der Waals surface area contributed by atoms with Gasteiger partial charge in [-0.25, -0.2) is 8.42 Å². The smallest absolute Gasteiger partial charge is 0.245 e. The van der Waals surface area contributed by atoms with Crippen molar-refractivity contribution in [2.75, 3.05) is 7.11 Å². The van der Waals surface area contributed by atoms with Crippen LogP contribution in [0.3, 0.4) is 0 Å². The number of benzene rings is 2. The van der Waals surface area contributed by atoms with Gasteiger partial charge in [-0.3, -0.25) is 4.79 Å². The van der Waals surface area contributed by atoms with Gasteiger partial charge in [-0.15, -0.1) is 0 Å². The minimum Gasteiger partial charge on any atom is -0.495 e. The third kappa shape index (κ3) is 4.97. The Morgan fingerprint density at radius 2 is 1.77 bits per heavy atom. The summed E-state index contributed by atoms with van der Waals surface area (Å²) in [6, 6.07) is 12.4. The Morgan fingerprint density at radius 1 is 1.12 bits per heavy atom. The predicted molar refractivity (Wildman–Crippen MR) is 101 cm³/mol. The number of methoxy groups -OCH3 is 1. The highest BCUT2D eigenvalue weighted by molar-refractivity contribution is 7.89. The van der Waals surface area contributed by atoms with Crippen LogP contribution in [-0.4, -0.2) is 27.5 Å². The van der Waals surface area contributed by atoms with Crippen LogP contribution in [0.4, 0.5) is 0 Å². The average Bonchev–Trinajstić information content (AvgIpc) is 2.62. The van der Waals surface area contributed by atoms with Crippen LogP contribution in [0.15, 0.2) is 53.4 Å². The van der Waals surface area contributed by atoms with Crippen LogP contribution in [0.1, 0.15) is 25.5 Å². The highest BCUT2D eigenvalue weighted by Crippen LogP contribution is 2.27. The van der Waals surface area contributed by atoms with Crippen LogP contribution in [-0.2, 0) is 14.8 Å². The van der Waals surface area contributed by atoms with Crippen LogP contribution >= 0.6 is 11.6 Å². The molecule has 0 heterocycles. The summed E-state index contributed by atoms with van der Waals surface area (Å²) in [4.78, 5) is 12.2. The number of amides is 1. The Morgan fingerprint density at radius 3 is 2.38 bits per heavy atom. The van der Waals surface area contributed by atoms with Gasteiger partial charge in [0.15, 0.2) is 0 Å². The molecule has 2 aromatic carbocycles. The fourth-order valence-corrected chi connectivity index (χ4v) is 4.01. The molecule has 2 rings (SSSR count). The van der Waals surface area contributed by atoms with Gasteiger partial charge < -0.3 is 10.1 Å². The number of halogens is 1. The monoisotopic (exact) mass is 396 g/mol. The SMILES string of the molecule is COc1ccc(Cl)cc1S(=O)(=O)N[C@@H](C)C(=O)N[C@@H](C)c1ccccc1. The molecule has 2 N–H and O–H groups in total. The van der Waals surface area contributed by atoms with Crippen molar-refractivity contribution in [2.45, 2.75) is 30.8 Å². The molecule has 2 atom stereocenters. The molecule has 0 aliphatic carbocycles. The van der Waals surface area contributed by atoms with Crippen LogP contribution < -0.4 is 14.8 Å². The summed E-state index contributed by atoms with van der Waals surface area (Å²) in [5, 5.41) is 3.04. The van der Waals surface area contributed by atoms with Crippen molar-refractivity contribution >= 4 is 27.5 Å². The quantitative estimate of drug-likeness (QED) is 0.753. The Balaban J connectivity index is 2.11.